The van der Waals surface area contributed by atoms with E-state index in [0.29, 0.717) is 25.8 Å². The van der Waals surface area contributed by atoms with Gasteiger partial charge in [-0.1, -0.05) is 24.3 Å². The highest BCUT2D eigenvalue weighted by Gasteiger charge is 2.45. The molecule has 5 nitrogen and oxygen atoms in total. The molecule has 104 valence electrons. The van der Waals surface area contributed by atoms with Crippen molar-refractivity contribution < 1.29 is 9.90 Å². The van der Waals surface area contributed by atoms with Crippen LogP contribution in [0.25, 0.3) is 0 Å². The lowest BCUT2D eigenvalue weighted by molar-refractivity contribution is -0.148. The minimum Gasteiger partial charge on any atom is -0.481 e. The van der Waals surface area contributed by atoms with Gasteiger partial charge in [0, 0.05) is 13.0 Å². The fraction of sp³-hybridized carbons (Fsp3) is 0.400. The number of aliphatic carboxylic acids is 1. The van der Waals surface area contributed by atoms with E-state index in [-0.39, 0.29) is 0 Å². The Hall–Kier alpha value is -2.17. The molecule has 0 unspecified atom stereocenters. The molecule has 1 aromatic heterocycles. The van der Waals surface area contributed by atoms with Crippen LogP contribution < -0.4 is 0 Å². The van der Waals surface area contributed by atoms with E-state index in [1.165, 1.54) is 6.33 Å². The van der Waals surface area contributed by atoms with Gasteiger partial charge in [-0.3, -0.25) is 9.48 Å². The van der Waals surface area contributed by atoms with Crippen molar-refractivity contribution in [2.75, 3.05) is 0 Å². The molecule has 1 aliphatic carbocycles. The van der Waals surface area contributed by atoms with Crippen molar-refractivity contribution in [2.45, 2.75) is 32.7 Å². The van der Waals surface area contributed by atoms with Gasteiger partial charge in [0.25, 0.3) is 0 Å². The Morgan fingerprint density at radius 1 is 1.35 bits per heavy atom. The van der Waals surface area contributed by atoms with Gasteiger partial charge in [0.1, 0.15) is 12.2 Å². The normalized spacial score (nSPS) is 16.1. The van der Waals surface area contributed by atoms with Gasteiger partial charge >= 0.3 is 5.97 Å². The van der Waals surface area contributed by atoms with Gasteiger partial charge in [-0.2, -0.15) is 5.10 Å². The summed E-state index contributed by atoms with van der Waals surface area (Å²) in [7, 11) is 0. The molecule has 0 aliphatic heterocycles. The summed E-state index contributed by atoms with van der Waals surface area (Å²) in [5.74, 6) is 0.00191. The van der Waals surface area contributed by atoms with Crippen LogP contribution in [-0.4, -0.2) is 25.8 Å². The second kappa shape index (κ2) is 4.74. The molecule has 3 rings (SSSR count). The number of carboxylic acids is 1. The lowest BCUT2D eigenvalue weighted by atomic mass is 9.81. The van der Waals surface area contributed by atoms with Crippen LogP contribution in [0, 0.1) is 5.41 Å². The van der Waals surface area contributed by atoms with Crippen molar-refractivity contribution in [3.05, 3.63) is 47.5 Å². The van der Waals surface area contributed by atoms with Crippen LogP contribution in [0.4, 0.5) is 0 Å². The van der Waals surface area contributed by atoms with Gasteiger partial charge in [-0.15, -0.1) is 0 Å². The van der Waals surface area contributed by atoms with E-state index < -0.39 is 11.4 Å². The van der Waals surface area contributed by atoms with E-state index in [2.05, 4.69) is 10.1 Å². The van der Waals surface area contributed by atoms with Crippen molar-refractivity contribution >= 4 is 5.97 Å². The van der Waals surface area contributed by atoms with Gasteiger partial charge in [-0.05, 0) is 30.9 Å². The van der Waals surface area contributed by atoms with Crippen LogP contribution >= 0.6 is 0 Å². The molecule has 1 aromatic carbocycles. The van der Waals surface area contributed by atoms with Crippen LogP contribution in [0.3, 0.4) is 0 Å². The van der Waals surface area contributed by atoms with Gasteiger partial charge < -0.3 is 5.11 Å². The lowest BCUT2D eigenvalue weighted by Crippen LogP contribution is -2.35. The predicted octanol–water partition coefficient (Wildman–Crippen LogP) is 1.71. The monoisotopic (exact) mass is 271 g/mol. The Kier molecular flexibility index (Phi) is 3.04. The van der Waals surface area contributed by atoms with Crippen molar-refractivity contribution in [3.63, 3.8) is 0 Å². The molecule has 0 fully saturated rings. The SMILES string of the molecule is CCn1ncnc1CC1(C(=O)O)Cc2ccccc2C1. The van der Waals surface area contributed by atoms with Gasteiger partial charge in [0.15, 0.2) is 0 Å². The van der Waals surface area contributed by atoms with E-state index in [9.17, 15) is 9.90 Å². The summed E-state index contributed by atoms with van der Waals surface area (Å²) in [5, 5.41) is 13.9. The first-order chi connectivity index (χ1) is 9.64. The molecule has 1 N–H and O–H groups in total. The molecule has 0 spiro atoms. The first-order valence-corrected chi connectivity index (χ1v) is 6.81. The van der Waals surface area contributed by atoms with Gasteiger partial charge in [0.2, 0.25) is 0 Å². The summed E-state index contributed by atoms with van der Waals surface area (Å²) < 4.78 is 1.77. The molecule has 1 aliphatic rings. The Balaban J connectivity index is 1.94. The fourth-order valence-corrected chi connectivity index (χ4v) is 3.04. The maximum Gasteiger partial charge on any atom is 0.310 e. The highest BCUT2D eigenvalue weighted by Crippen LogP contribution is 2.39. The molecular formula is C15H17N3O2. The fourth-order valence-electron chi connectivity index (χ4n) is 3.04. The van der Waals surface area contributed by atoms with Crippen molar-refractivity contribution in [2.24, 2.45) is 5.41 Å². The molecule has 0 atom stereocenters. The summed E-state index contributed by atoms with van der Waals surface area (Å²) in [4.78, 5) is 16.1. The summed E-state index contributed by atoms with van der Waals surface area (Å²) in [5.41, 5.74) is 1.49. The first kappa shape index (κ1) is 12.8. The molecular weight excluding hydrogens is 254 g/mol. The Morgan fingerprint density at radius 2 is 2.00 bits per heavy atom. The number of hydrogen-bond acceptors (Lipinski definition) is 3. The number of rotatable bonds is 4. The number of aromatic nitrogens is 3. The van der Waals surface area contributed by atoms with Crippen LogP contribution in [0.1, 0.15) is 23.9 Å². The third-order valence-electron chi connectivity index (χ3n) is 4.12. The number of aryl methyl sites for hydroxylation is 1. The highest BCUT2D eigenvalue weighted by molar-refractivity contribution is 5.77. The zero-order chi connectivity index (χ0) is 14.2. The molecule has 0 bridgehead atoms. The van der Waals surface area contributed by atoms with Gasteiger partial charge in [-0.25, -0.2) is 4.98 Å². The van der Waals surface area contributed by atoms with Crippen molar-refractivity contribution in [3.8, 4) is 0 Å². The van der Waals surface area contributed by atoms with Crippen LogP contribution in [0.2, 0.25) is 0 Å². The summed E-state index contributed by atoms with van der Waals surface area (Å²) in [6.45, 7) is 2.69. The number of carboxylic acid groups (broad SMARTS) is 1. The quantitative estimate of drug-likeness (QED) is 0.919. The second-order valence-corrected chi connectivity index (χ2v) is 5.38. The molecule has 0 amide bonds. The molecule has 0 saturated heterocycles. The van der Waals surface area contributed by atoms with Crippen LogP contribution in [0.15, 0.2) is 30.6 Å². The summed E-state index contributed by atoms with van der Waals surface area (Å²) >= 11 is 0. The number of nitrogens with zero attached hydrogens (tertiary/aromatic N) is 3. The summed E-state index contributed by atoms with van der Waals surface area (Å²) in [6.07, 6.45) is 3.05. The van der Waals surface area contributed by atoms with E-state index in [1.54, 1.807) is 4.68 Å². The number of fused-ring (bicyclic) bond motifs is 1. The van der Waals surface area contributed by atoms with E-state index >= 15 is 0 Å². The molecule has 2 aromatic rings. The van der Waals surface area contributed by atoms with E-state index in [0.717, 1.165) is 17.0 Å². The van der Waals surface area contributed by atoms with Crippen molar-refractivity contribution in [1.29, 1.82) is 0 Å². The largest absolute Gasteiger partial charge is 0.481 e. The Morgan fingerprint density at radius 3 is 2.55 bits per heavy atom. The molecule has 0 radical (unpaired) electrons. The molecule has 5 heteroatoms. The van der Waals surface area contributed by atoms with E-state index in [4.69, 9.17) is 0 Å². The predicted molar refractivity (Wildman–Crippen MR) is 73.3 cm³/mol. The topological polar surface area (TPSA) is 68.0 Å². The van der Waals surface area contributed by atoms with Crippen LogP contribution in [0.5, 0.6) is 0 Å². The maximum atomic E-state index is 11.9. The standard InChI is InChI=1S/C15H17N3O2/c1-2-18-13(16-10-17-18)9-15(14(19)20)7-11-5-3-4-6-12(11)8-15/h3-6,10H,2,7-9H2,1H3,(H,19,20). The maximum absolute atomic E-state index is 11.9. The number of benzene rings is 1. The first-order valence-electron chi connectivity index (χ1n) is 6.81. The van der Waals surface area contributed by atoms with Crippen LogP contribution in [-0.2, 0) is 30.6 Å². The number of hydrogen-bond donors (Lipinski definition) is 1. The minimum atomic E-state index is -0.788. The second-order valence-electron chi connectivity index (χ2n) is 5.38. The summed E-state index contributed by atoms with van der Waals surface area (Å²) in [6, 6.07) is 7.96. The van der Waals surface area contributed by atoms with Crippen molar-refractivity contribution in [1.82, 2.24) is 14.8 Å². The zero-order valence-corrected chi connectivity index (χ0v) is 11.4. The average Bonchev–Trinajstić information content (AvgIpc) is 3.02. The molecule has 0 saturated carbocycles. The smallest absolute Gasteiger partial charge is 0.310 e. The minimum absolute atomic E-state index is 0.421. The third-order valence-corrected chi connectivity index (χ3v) is 4.12. The molecule has 20 heavy (non-hydrogen) atoms. The lowest BCUT2D eigenvalue weighted by Gasteiger charge is -2.23. The third kappa shape index (κ3) is 1.99. The van der Waals surface area contributed by atoms with Gasteiger partial charge in [0.05, 0.1) is 5.41 Å². The average molecular weight is 271 g/mol. The highest BCUT2D eigenvalue weighted by atomic mass is 16.4. The Labute approximate surface area is 117 Å². The number of carbonyl (C=O) groups is 1. The Bertz CT molecular complexity index is 623. The molecule has 1 heterocycles. The van der Waals surface area contributed by atoms with E-state index in [1.807, 2.05) is 31.2 Å². The zero-order valence-electron chi connectivity index (χ0n) is 11.4.